The van der Waals surface area contributed by atoms with Crippen LogP contribution in [0.3, 0.4) is 0 Å². The van der Waals surface area contributed by atoms with Crippen molar-refractivity contribution >= 4 is 11.8 Å². The summed E-state index contributed by atoms with van der Waals surface area (Å²) in [6.07, 6.45) is 1.92. The van der Waals surface area contributed by atoms with E-state index in [0.717, 1.165) is 12.8 Å². The number of nitriles is 1. The molecule has 0 saturated heterocycles. The summed E-state index contributed by atoms with van der Waals surface area (Å²) in [5, 5.41) is 8.89. The highest BCUT2D eigenvalue weighted by Crippen LogP contribution is 2.11. The molecule has 0 saturated carbocycles. The predicted molar refractivity (Wildman–Crippen MR) is 70.6 cm³/mol. The summed E-state index contributed by atoms with van der Waals surface area (Å²) in [5.41, 5.74) is 0.707. The quantitative estimate of drug-likeness (QED) is 0.429. The lowest BCUT2D eigenvalue weighted by molar-refractivity contribution is -0.143. The Morgan fingerprint density at radius 1 is 1.26 bits per heavy atom. The molecule has 0 atom stereocenters. The van der Waals surface area contributed by atoms with E-state index in [-0.39, 0.29) is 24.6 Å². The number of carbonyl (C=O) groups excluding carboxylic acids is 2. The molecule has 4 nitrogen and oxygen atoms in total. The van der Waals surface area contributed by atoms with E-state index in [1.165, 1.54) is 0 Å². The predicted octanol–water partition coefficient (Wildman–Crippen LogP) is 2.86. The Labute approximate surface area is 113 Å². The molecule has 0 unspecified atom stereocenters. The molecular formula is C15H17NO3. The average molecular weight is 259 g/mol. The highest BCUT2D eigenvalue weighted by molar-refractivity contribution is 5.99. The third-order valence-corrected chi connectivity index (χ3v) is 2.67. The second kappa shape index (κ2) is 8.04. The number of ether oxygens (including phenoxy) is 1. The molecule has 0 heterocycles. The van der Waals surface area contributed by atoms with Crippen molar-refractivity contribution in [3.8, 4) is 6.07 Å². The van der Waals surface area contributed by atoms with Crippen LogP contribution in [0.25, 0.3) is 0 Å². The van der Waals surface area contributed by atoms with Gasteiger partial charge >= 0.3 is 5.97 Å². The summed E-state index contributed by atoms with van der Waals surface area (Å²) in [5.74, 6) is -0.569. The third kappa shape index (κ3) is 4.92. The molecule has 0 aromatic heterocycles. The van der Waals surface area contributed by atoms with Crippen LogP contribution in [0.1, 0.15) is 48.5 Å². The SMILES string of the molecule is CCCCOC(=O)CCC(=O)c1ccccc1C#N. The zero-order chi connectivity index (χ0) is 14.1. The standard InChI is InChI=1S/C15H17NO3/c1-2-3-10-19-15(18)9-8-14(17)13-7-5-4-6-12(13)11-16/h4-7H,2-3,8-10H2,1H3. The lowest BCUT2D eigenvalue weighted by Crippen LogP contribution is -2.09. The zero-order valence-electron chi connectivity index (χ0n) is 11.0. The van der Waals surface area contributed by atoms with Crippen LogP contribution in [0, 0.1) is 11.3 Å². The fourth-order valence-corrected chi connectivity index (χ4v) is 1.58. The highest BCUT2D eigenvalue weighted by Gasteiger charge is 2.13. The smallest absolute Gasteiger partial charge is 0.306 e. The molecule has 0 fully saturated rings. The minimum atomic E-state index is -0.365. The maximum atomic E-state index is 11.9. The fraction of sp³-hybridized carbons (Fsp3) is 0.400. The second-order valence-corrected chi connectivity index (χ2v) is 4.15. The van der Waals surface area contributed by atoms with E-state index in [9.17, 15) is 9.59 Å². The topological polar surface area (TPSA) is 67.2 Å². The summed E-state index contributed by atoms with van der Waals surface area (Å²) in [6.45, 7) is 2.41. The van der Waals surface area contributed by atoms with Crippen molar-refractivity contribution in [2.75, 3.05) is 6.61 Å². The number of unbranched alkanes of at least 4 members (excludes halogenated alkanes) is 1. The van der Waals surface area contributed by atoms with Crippen LogP contribution in [0.5, 0.6) is 0 Å². The highest BCUT2D eigenvalue weighted by atomic mass is 16.5. The van der Waals surface area contributed by atoms with E-state index in [2.05, 4.69) is 0 Å². The van der Waals surface area contributed by atoms with Gasteiger partial charge in [-0.05, 0) is 12.5 Å². The van der Waals surface area contributed by atoms with Crippen molar-refractivity contribution in [3.63, 3.8) is 0 Å². The van der Waals surface area contributed by atoms with E-state index in [4.69, 9.17) is 10.00 Å². The van der Waals surface area contributed by atoms with E-state index >= 15 is 0 Å². The number of ketones is 1. The minimum absolute atomic E-state index is 0.0578. The van der Waals surface area contributed by atoms with E-state index < -0.39 is 0 Å². The van der Waals surface area contributed by atoms with Gasteiger partial charge in [-0.25, -0.2) is 0 Å². The molecule has 1 aromatic carbocycles. The van der Waals surface area contributed by atoms with Crippen LogP contribution in [0.2, 0.25) is 0 Å². The molecule has 0 spiro atoms. The van der Waals surface area contributed by atoms with Gasteiger partial charge in [0.2, 0.25) is 0 Å². The average Bonchev–Trinajstić information content (AvgIpc) is 2.45. The van der Waals surface area contributed by atoms with E-state index in [0.29, 0.717) is 17.7 Å². The second-order valence-electron chi connectivity index (χ2n) is 4.15. The largest absolute Gasteiger partial charge is 0.466 e. The molecule has 0 aliphatic heterocycles. The fourth-order valence-electron chi connectivity index (χ4n) is 1.58. The normalized spacial score (nSPS) is 9.68. The summed E-state index contributed by atoms with van der Waals surface area (Å²) in [7, 11) is 0. The Morgan fingerprint density at radius 2 is 2.00 bits per heavy atom. The minimum Gasteiger partial charge on any atom is -0.466 e. The van der Waals surface area contributed by atoms with Gasteiger partial charge in [0.25, 0.3) is 0 Å². The number of Topliss-reactive ketones (excluding diaryl/α,β-unsaturated/α-hetero) is 1. The summed E-state index contributed by atoms with van der Waals surface area (Å²) < 4.78 is 4.97. The summed E-state index contributed by atoms with van der Waals surface area (Å²) >= 11 is 0. The Balaban J connectivity index is 2.47. The van der Waals surface area contributed by atoms with E-state index in [1.807, 2.05) is 13.0 Å². The number of hydrogen-bond donors (Lipinski definition) is 0. The van der Waals surface area contributed by atoms with Crippen molar-refractivity contribution < 1.29 is 14.3 Å². The lowest BCUT2D eigenvalue weighted by atomic mass is 10.0. The van der Waals surface area contributed by atoms with Gasteiger partial charge in [0, 0.05) is 12.0 Å². The first kappa shape index (κ1) is 14.9. The van der Waals surface area contributed by atoms with Gasteiger partial charge in [-0.15, -0.1) is 0 Å². The molecule has 0 amide bonds. The van der Waals surface area contributed by atoms with E-state index in [1.54, 1.807) is 24.3 Å². The monoisotopic (exact) mass is 259 g/mol. The van der Waals surface area contributed by atoms with Gasteiger partial charge in [-0.2, -0.15) is 5.26 Å². The van der Waals surface area contributed by atoms with Gasteiger partial charge in [-0.1, -0.05) is 31.5 Å². The van der Waals surface area contributed by atoms with Gasteiger partial charge < -0.3 is 4.74 Å². The molecular weight excluding hydrogens is 242 g/mol. The Kier molecular flexibility index (Phi) is 6.31. The third-order valence-electron chi connectivity index (χ3n) is 2.67. The molecule has 1 rings (SSSR count). The number of rotatable bonds is 7. The molecule has 0 bridgehead atoms. The van der Waals surface area contributed by atoms with Gasteiger partial charge in [0.05, 0.1) is 24.7 Å². The van der Waals surface area contributed by atoms with Crippen LogP contribution < -0.4 is 0 Å². The summed E-state index contributed by atoms with van der Waals surface area (Å²) in [4.78, 5) is 23.3. The molecule has 19 heavy (non-hydrogen) atoms. The van der Waals surface area contributed by atoms with Crippen molar-refractivity contribution in [1.82, 2.24) is 0 Å². The van der Waals surface area contributed by atoms with Crippen molar-refractivity contribution in [3.05, 3.63) is 35.4 Å². The number of nitrogens with zero attached hydrogens (tertiary/aromatic N) is 1. The molecule has 0 aliphatic rings. The molecule has 0 N–H and O–H groups in total. The van der Waals surface area contributed by atoms with Gasteiger partial charge in [0.15, 0.2) is 5.78 Å². The maximum absolute atomic E-state index is 11.9. The number of benzene rings is 1. The van der Waals surface area contributed by atoms with Crippen LogP contribution >= 0.6 is 0 Å². The van der Waals surface area contributed by atoms with Crippen LogP contribution in [0.4, 0.5) is 0 Å². The first-order chi connectivity index (χ1) is 9.19. The number of esters is 1. The van der Waals surface area contributed by atoms with Crippen LogP contribution in [-0.2, 0) is 9.53 Å². The molecule has 100 valence electrons. The number of carbonyl (C=O) groups is 2. The Hall–Kier alpha value is -2.15. The molecule has 0 radical (unpaired) electrons. The van der Waals surface area contributed by atoms with Crippen molar-refractivity contribution in [1.29, 1.82) is 5.26 Å². The maximum Gasteiger partial charge on any atom is 0.306 e. The first-order valence-corrected chi connectivity index (χ1v) is 6.37. The van der Waals surface area contributed by atoms with Crippen LogP contribution in [-0.4, -0.2) is 18.4 Å². The van der Waals surface area contributed by atoms with Crippen LogP contribution in [0.15, 0.2) is 24.3 Å². The zero-order valence-corrected chi connectivity index (χ0v) is 11.0. The molecule has 1 aromatic rings. The summed E-state index contributed by atoms with van der Waals surface area (Å²) in [6, 6.07) is 8.56. The van der Waals surface area contributed by atoms with Crippen molar-refractivity contribution in [2.24, 2.45) is 0 Å². The Morgan fingerprint density at radius 3 is 2.68 bits per heavy atom. The first-order valence-electron chi connectivity index (χ1n) is 6.37. The van der Waals surface area contributed by atoms with Gasteiger partial charge in [-0.3, -0.25) is 9.59 Å². The number of hydrogen-bond acceptors (Lipinski definition) is 4. The van der Waals surface area contributed by atoms with Gasteiger partial charge in [0.1, 0.15) is 0 Å². The molecule has 4 heteroatoms. The molecule has 0 aliphatic carbocycles. The lowest BCUT2D eigenvalue weighted by Gasteiger charge is -2.04. The Bertz CT molecular complexity index is 488. The van der Waals surface area contributed by atoms with Crippen molar-refractivity contribution in [2.45, 2.75) is 32.6 Å².